The van der Waals surface area contributed by atoms with Crippen molar-refractivity contribution in [1.29, 1.82) is 0 Å². The van der Waals surface area contributed by atoms with E-state index in [1.807, 2.05) is 53.4 Å². The second kappa shape index (κ2) is 9.63. The maximum absolute atomic E-state index is 13.2. The molecule has 0 bridgehead atoms. The van der Waals surface area contributed by atoms with E-state index in [9.17, 15) is 4.79 Å². The average molecular weight is 442 g/mol. The Kier molecular flexibility index (Phi) is 6.26. The molecule has 3 heterocycles. The fraction of sp³-hybridized carbons (Fsp3) is 0.333. The van der Waals surface area contributed by atoms with Gasteiger partial charge in [0, 0.05) is 48.8 Å². The Morgan fingerprint density at radius 2 is 1.82 bits per heavy atom. The molecular formula is C27H31N5O. The van der Waals surface area contributed by atoms with E-state index < -0.39 is 0 Å². The second-order valence-corrected chi connectivity index (χ2v) is 8.90. The van der Waals surface area contributed by atoms with Gasteiger partial charge >= 0.3 is 0 Å². The molecule has 0 spiro atoms. The Morgan fingerprint density at radius 3 is 2.67 bits per heavy atom. The van der Waals surface area contributed by atoms with Gasteiger partial charge in [0.1, 0.15) is 5.82 Å². The molecule has 170 valence electrons. The van der Waals surface area contributed by atoms with E-state index >= 15 is 0 Å². The zero-order valence-corrected chi connectivity index (χ0v) is 18.9. The van der Waals surface area contributed by atoms with Gasteiger partial charge in [-0.1, -0.05) is 36.4 Å². The largest absolute Gasteiger partial charge is 0.399 e. The van der Waals surface area contributed by atoms with Crippen molar-refractivity contribution >= 4 is 23.1 Å². The number of fused-ring (bicyclic) bond motifs is 1. The number of piperidine rings is 1. The number of nitrogens with zero attached hydrogens (tertiary/aromatic N) is 3. The second-order valence-electron chi connectivity index (χ2n) is 8.90. The number of benzene rings is 2. The summed E-state index contributed by atoms with van der Waals surface area (Å²) in [6.45, 7) is 3.53. The van der Waals surface area contributed by atoms with Gasteiger partial charge in [0.05, 0.1) is 0 Å². The number of nitrogens with two attached hydrogens (primary N) is 1. The minimum Gasteiger partial charge on any atom is -0.399 e. The Hall–Kier alpha value is -3.38. The number of carbonyl (C=O) groups excluding carboxylic acids is 1. The van der Waals surface area contributed by atoms with Crippen LogP contribution in [-0.2, 0) is 12.8 Å². The third-order valence-corrected chi connectivity index (χ3v) is 6.83. The lowest BCUT2D eigenvalue weighted by atomic mass is 10.0. The molecule has 6 nitrogen and oxygen atoms in total. The first-order valence-electron chi connectivity index (χ1n) is 11.9. The van der Waals surface area contributed by atoms with Crippen LogP contribution in [0.25, 0.3) is 0 Å². The third kappa shape index (κ3) is 4.71. The Balaban J connectivity index is 1.16. The molecule has 0 saturated carbocycles. The number of aromatic nitrogens is 1. The number of nitrogen functional groups attached to an aromatic ring is 1. The van der Waals surface area contributed by atoms with Crippen molar-refractivity contribution in [3.63, 3.8) is 0 Å². The molecule has 0 aliphatic carbocycles. The minimum absolute atomic E-state index is 0.0559. The van der Waals surface area contributed by atoms with Crippen molar-refractivity contribution in [1.82, 2.24) is 10.3 Å². The number of hydrogen-bond donors (Lipinski definition) is 2. The zero-order valence-electron chi connectivity index (χ0n) is 18.9. The van der Waals surface area contributed by atoms with Gasteiger partial charge in [-0.05, 0) is 67.6 Å². The van der Waals surface area contributed by atoms with Crippen LogP contribution in [0.1, 0.15) is 34.3 Å². The molecule has 1 amide bonds. The highest BCUT2D eigenvalue weighted by Gasteiger charge is 2.26. The van der Waals surface area contributed by atoms with E-state index in [-0.39, 0.29) is 5.91 Å². The van der Waals surface area contributed by atoms with Gasteiger partial charge in [-0.2, -0.15) is 0 Å². The molecule has 1 fully saturated rings. The zero-order chi connectivity index (χ0) is 22.6. The Bertz CT molecular complexity index is 1120. The molecule has 2 aliphatic rings. The fourth-order valence-electron chi connectivity index (χ4n) is 4.91. The smallest absolute Gasteiger partial charge is 0.258 e. The summed E-state index contributed by atoms with van der Waals surface area (Å²) in [5.41, 5.74) is 11.1. The van der Waals surface area contributed by atoms with Crippen LogP contribution in [0, 0.1) is 0 Å². The predicted octanol–water partition coefficient (Wildman–Crippen LogP) is 3.67. The van der Waals surface area contributed by atoms with E-state index in [0.717, 1.165) is 69.1 Å². The van der Waals surface area contributed by atoms with Crippen molar-refractivity contribution in [2.45, 2.75) is 31.7 Å². The maximum atomic E-state index is 13.2. The van der Waals surface area contributed by atoms with Crippen LogP contribution < -0.4 is 20.9 Å². The molecular weight excluding hydrogens is 410 g/mol. The number of carbonyl (C=O) groups is 1. The summed E-state index contributed by atoms with van der Waals surface area (Å²) in [6, 6.07) is 20.5. The number of para-hydroxylation sites is 2. The molecule has 1 aromatic heterocycles. The molecule has 5 rings (SSSR count). The molecule has 3 N–H and O–H groups in total. The molecule has 0 unspecified atom stereocenters. The van der Waals surface area contributed by atoms with Crippen LogP contribution in [0.5, 0.6) is 0 Å². The van der Waals surface area contributed by atoms with Crippen LogP contribution in [0.15, 0.2) is 66.9 Å². The topological polar surface area (TPSA) is 74.5 Å². The van der Waals surface area contributed by atoms with E-state index in [1.165, 1.54) is 11.1 Å². The monoisotopic (exact) mass is 441 g/mol. The Labute approximate surface area is 195 Å². The first kappa shape index (κ1) is 21.5. The highest BCUT2D eigenvalue weighted by Crippen LogP contribution is 2.29. The lowest BCUT2D eigenvalue weighted by Gasteiger charge is -2.33. The summed E-state index contributed by atoms with van der Waals surface area (Å²) in [5, 5.41) is 3.68. The van der Waals surface area contributed by atoms with E-state index in [2.05, 4.69) is 27.3 Å². The Morgan fingerprint density at radius 1 is 1.03 bits per heavy atom. The van der Waals surface area contributed by atoms with Crippen molar-refractivity contribution in [3.8, 4) is 0 Å². The predicted molar refractivity (Wildman–Crippen MR) is 134 cm³/mol. The van der Waals surface area contributed by atoms with Gasteiger partial charge in [0.25, 0.3) is 5.91 Å². The number of rotatable bonds is 6. The van der Waals surface area contributed by atoms with Crippen LogP contribution in [0.2, 0.25) is 0 Å². The van der Waals surface area contributed by atoms with Gasteiger partial charge in [-0.25, -0.2) is 4.98 Å². The van der Waals surface area contributed by atoms with Crippen LogP contribution in [0.3, 0.4) is 0 Å². The highest BCUT2D eigenvalue weighted by atomic mass is 16.2. The van der Waals surface area contributed by atoms with Gasteiger partial charge in [-0.3, -0.25) is 4.79 Å². The molecule has 2 aromatic carbocycles. The molecule has 2 aliphatic heterocycles. The first-order valence-corrected chi connectivity index (χ1v) is 11.9. The van der Waals surface area contributed by atoms with E-state index in [0.29, 0.717) is 11.6 Å². The van der Waals surface area contributed by atoms with E-state index in [4.69, 9.17) is 5.73 Å². The average Bonchev–Trinajstić information content (AvgIpc) is 3.29. The van der Waals surface area contributed by atoms with Gasteiger partial charge in [0.2, 0.25) is 0 Å². The number of nitrogens with one attached hydrogen (secondary N) is 1. The SMILES string of the molecule is Nc1ccccc1CCNC1CCN(c2cc(C(=O)N3CCc4ccccc43)ccn2)CC1. The van der Waals surface area contributed by atoms with Crippen LogP contribution >= 0.6 is 0 Å². The quantitative estimate of drug-likeness (QED) is 0.571. The van der Waals surface area contributed by atoms with Crippen LogP contribution in [0.4, 0.5) is 17.2 Å². The molecule has 1 saturated heterocycles. The van der Waals surface area contributed by atoms with Gasteiger partial charge < -0.3 is 20.9 Å². The molecule has 0 radical (unpaired) electrons. The molecule has 33 heavy (non-hydrogen) atoms. The van der Waals surface area contributed by atoms with Crippen molar-refractivity contribution in [2.24, 2.45) is 0 Å². The highest BCUT2D eigenvalue weighted by molar-refractivity contribution is 6.07. The lowest BCUT2D eigenvalue weighted by Crippen LogP contribution is -2.43. The minimum atomic E-state index is 0.0559. The number of anilines is 3. The lowest BCUT2D eigenvalue weighted by molar-refractivity contribution is 0.0989. The standard InChI is InChI=1S/C27H31N5O/c28-24-7-3-1-5-20(24)9-14-29-23-12-16-31(17-13-23)26-19-22(10-15-30-26)27(33)32-18-11-21-6-2-4-8-25(21)32/h1-8,10,15,19,23,29H,9,11-14,16-18,28H2. The van der Waals surface area contributed by atoms with E-state index in [1.54, 1.807) is 6.20 Å². The number of pyridine rings is 1. The number of amides is 1. The molecule has 3 aromatic rings. The van der Waals surface area contributed by atoms with Crippen LogP contribution in [-0.4, -0.2) is 43.1 Å². The fourth-order valence-corrected chi connectivity index (χ4v) is 4.91. The van der Waals surface area contributed by atoms with Gasteiger partial charge in [-0.15, -0.1) is 0 Å². The summed E-state index contributed by atoms with van der Waals surface area (Å²) in [5.74, 6) is 0.948. The molecule has 6 heteroatoms. The first-order chi connectivity index (χ1) is 16.2. The van der Waals surface area contributed by atoms with Crippen molar-refractivity contribution in [3.05, 3.63) is 83.6 Å². The van der Waals surface area contributed by atoms with Gasteiger partial charge in [0.15, 0.2) is 0 Å². The summed E-state index contributed by atoms with van der Waals surface area (Å²) >= 11 is 0. The summed E-state index contributed by atoms with van der Waals surface area (Å²) < 4.78 is 0. The third-order valence-electron chi connectivity index (χ3n) is 6.83. The summed E-state index contributed by atoms with van der Waals surface area (Å²) in [6.07, 6.45) is 5.74. The van der Waals surface area contributed by atoms with Crippen molar-refractivity contribution < 1.29 is 4.79 Å². The maximum Gasteiger partial charge on any atom is 0.258 e. The normalized spacial score (nSPS) is 16.1. The summed E-state index contributed by atoms with van der Waals surface area (Å²) in [7, 11) is 0. The summed E-state index contributed by atoms with van der Waals surface area (Å²) in [4.78, 5) is 22.0. The molecule has 0 atom stereocenters. The van der Waals surface area contributed by atoms with Crippen molar-refractivity contribution in [2.75, 3.05) is 41.7 Å². The number of hydrogen-bond acceptors (Lipinski definition) is 5.